The Morgan fingerprint density at radius 2 is 1.77 bits per heavy atom. The van der Waals surface area contributed by atoms with Gasteiger partial charge in [-0.05, 0) is 63.0 Å². The van der Waals surface area contributed by atoms with Crippen LogP contribution in [-0.4, -0.2) is 24.5 Å². The Hall–Kier alpha value is -2.30. The fourth-order valence-corrected chi connectivity index (χ4v) is 4.78. The molecule has 1 aromatic rings. The Labute approximate surface area is 237 Å². The Balaban J connectivity index is 0.000000335. The third-order valence-electron chi connectivity index (χ3n) is 8.21. The second kappa shape index (κ2) is 18.1. The van der Waals surface area contributed by atoms with Crippen LogP contribution in [0.5, 0.6) is 0 Å². The minimum absolute atomic E-state index is 0.111. The molecule has 1 unspecified atom stereocenters. The summed E-state index contributed by atoms with van der Waals surface area (Å²) in [5.41, 5.74) is 0.893. The molecule has 0 saturated heterocycles. The number of rotatable bonds is 11. The summed E-state index contributed by atoms with van der Waals surface area (Å²) in [6.45, 7) is 11.8. The van der Waals surface area contributed by atoms with Gasteiger partial charge in [0, 0.05) is 24.8 Å². The lowest BCUT2D eigenvalue weighted by molar-refractivity contribution is -0.123. The molecular weight excluding hydrogens is 489 g/mol. The van der Waals surface area contributed by atoms with Gasteiger partial charge in [-0.3, -0.25) is 14.4 Å². The topological polar surface area (TPSA) is 63.2 Å². The highest BCUT2D eigenvalue weighted by molar-refractivity contribution is 5.94. The zero-order valence-electron chi connectivity index (χ0n) is 25.7. The number of hydrogen-bond acceptors (Lipinski definition) is 3. The van der Waals surface area contributed by atoms with Gasteiger partial charge in [-0.25, -0.2) is 4.39 Å². The molecule has 0 bridgehead atoms. The van der Waals surface area contributed by atoms with Crippen LogP contribution in [0.15, 0.2) is 30.4 Å². The number of carbonyl (C=O) groups excluding carboxylic acids is 3. The molecule has 1 amide bonds. The molecule has 0 radical (unpaired) electrons. The second-order valence-electron chi connectivity index (χ2n) is 11.9. The molecule has 2 aliphatic rings. The molecule has 0 aromatic heterocycles. The number of ketones is 2. The number of allylic oxidation sites excluding steroid dienone is 2. The van der Waals surface area contributed by atoms with Gasteiger partial charge in [-0.1, -0.05) is 96.9 Å². The first kappa shape index (κ1) is 34.7. The summed E-state index contributed by atoms with van der Waals surface area (Å²) in [5.74, 6) is 1.16. The summed E-state index contributed by atoms with van der Waals surface area (Å²) in [6.07, 6.45) is 17.7. The van der Waals surface area contributed by atoms with Gasteiger partial charge in [0.2, 0.25) is 0 Å². The molecule has 0 aliphatic heterocycles. The van der Waals surface area contributed by atoms with Gasteiger partial charge in [-0.2, -0.15) is 0 Å². The molecule has 0 spiro atoms. The van der Waals surface area contributed by atoms with Gasteiger partial charge in [0.05, 0.1) is 5.56 Å². The molecule has 3 rings (SSSR count). The average Bonchev–Trinajstić information content (AvgIpc) is 3.69. The van der Waals surface area contributed by atoms with E-state index in [2.05, 4.69) is 18.3 Å². The van der Waals surface area contributed by atoms with E-state index in [1.54, 1.807) is 19.1 Å². The van der Waals surface area contributed by atoms with Crippen molar-refractivity contribution in [2.75, 3.05) is 7.05 Å². The number of amides is 1. The molecule has 0 heterocycles. The van der Waals surface area contributed by atoms with E-state index in [-0.39, 0.29) is 34.5 Å². The van der Waals surface area contributed by atoms with Crippen molar-refractivity contribution in [1.29, 1.82) is 0 Å². The van der Waals surface area contributed by atoms with Crippen LogP contribution in [0.2, 0.25) is 0 Å². The number of nitrogens with one attached hydrogen (secondary N) is 1. The minimum atomic E-state index is -0.377. The maximum atomic E-state index is 14.5. The van der Waals surface area contributed by atoms with E-state index in [0.717, 1.165) is 44.9 Å². The van der Waals surface area contributed by atoms with E-state index in [1.807, 2.05) is 33.8 Å². The molecular formula is C34H54FNO3. The molecule has 39 heavy (non-hydrogen) atoms. The maximum Gasteiger partial charge on any atom is 0.254 e. The lowest BCUT2D eigenvalue weighted by atomic mass is 9.84. The van der Waals surface area contributed by atoms with Crippen LogP contribution >= 0.6 is 0 Å². The highest BCUT2D eigenvalue weighted by atomic mass is 19.1. The smallest absolute Gasteiger partial charge is 0.254 e. The Morgan fingerprint density at radius 3 is 2.23 bits per heavy atom. The standard InChI is InChI=1S/C17H24FNO.C11H20O.C6H10O/c1-4-6-9-13(10-7-5-2)14-11-8-12-15(16(14)18)17(20)19-3;1-9(2)11(12)8-10-6-4-3-5-7-10;1-5(7)6(2)3-4-6/h4,6,8,11-13H,5,7,9-10H2,1-3H3,(H,19,20);9-10H,3-8H2,1-2H3;3-4H2,1-2H3/b6-4-;;. The molecule has 1 N–H and O–H groups in total. The highest BCUT2D eigenvalue weighted by Gasteiger charge is 2.41. The van der Waals surface area contributed by atoms with Gasteiger partial charge in [-0.15, -0.1) is 0 Å². The van der Waals surface area contributed by atoms with Gasteiger partial charge >= 0.3 is 0 Å². The van der Waals surface area contributed by atoms with Gasteiger partial charge < -0.3 is 5.32 Å². The summed E-state index contributed by atoms with van der Waals surface area (Å²) in [4.78, 5) is 33.6. The molecule has 220 valence electrons. The zero-order chi connectivity index (χ0) is 29.4. The SMILES string of the molecule is C/C=C\CC(CCCC)c1cccc(C(=O)NC)c1F.CC(=O)C1(C)CC1.CC(C)C(=O)CC1CCCCC1. The largest absolute Gasteiger partial charge is 0.355 e. The monoisotopic (exact) mass is 543 g/mol. The number of benzene rings is 1. The Bertz CT molecular complexity index is 926. The van der Waals surface area contributed by atoms with E-state index < -0.39 is 0 Å². The van der Waals surface area contributed by atoms with Crippen molar-refractivity contribution >= 4 is 17.5 Å². The van der Waals surface area contributed by atoms with Crippen molar-refractivity contribution < 1.29 is 18.8 Å². The fraction of sp³-hybridized carbons (Fsp3) is 0.676. The number of halogens is 1. The molecule has 4 nitrogen and oxygen atoms in total. The summed E-state index contributed by atoms with van der Waals surface area (Å²) in [5, 5.41) is 2.48. The van der Waals surface area contributed by atoms with Gasteiger partial charge in [0.25, 0.3) is 5.91 Å². The number of Topliss-reactive ketones (excluding diaryl/α,β-unsaturated/α-hetero) is 2. The summed E-state index contributed by atoms with van der Waals surface area (Å²) >= 11 is 0. The summed E-state index contributed by atoms with van der Waals surface area (Å²) in [7, 11) is 1.52. The van der Waals surface area contributed by atoms with Crippen molar-refractivity contribution in [3.8, 4) is 0 Å². The first-order valence-electron chi connectivity index (χ1n) is 15.2. The third kappa shape index (κ3) is 12.6. The average molecular weight is 544 g/mol. The van der Waals surface area contributed by atoms with Gasteiger partial charge in [0.1, 0.15) is 17.4 Å². The van der Waals surface area contributed by atoms with Crippen molar-refractivity contribution in [1.82, 2.24) is 5.32 Å². The normalized spacial score (nSPS) is 16.9. The van der Waals surface area contributed by atoms with Crippen LogP contribution in [0, 0.1) is 23.1 Å². The van der Waals surface area contributed by atoms with Crippen LogP contribution < -0.4 is 5.32 Å². The first-order valence-corrected chi connectivity index (χ1v) is 15.2. The molecule has 1 atom stereocenters. The van der Waals surface area contributed by atoms with Crippen LogP contribution in [0.3, 0.4) is 0 Å². The van der Waals surface area contributed by atoms with Crippen molar-refractivity contribution in [3.63, 3.8) is 0 Å². The molecule has 1 aromatic carbocycles. The number of hydrogen-bond donors (Lipinski definition) is 1. The quantitative estimate of drug-likeness (QED) is 0.283. The van der Waals surface area contributed by atoms with E-state index in [0.29, 0.717) is 23.0 Å². The van der Waals surface area contributed by atoms with E-state index in [1.165, 1.54) is 45.2 Å². The zero-order valence-corrected chi connectivity index (χ0v) is 25.7. The number of unbranched alkanes of at least 4 members (excludes halogenated alkanes) is 1. The Kier molecular flexibility index (Phi) is 16.1. The molecule has 2 saturated carbocycles. The third-order valence-corrected chi connectivity index (χ3v) is 8.21. The first-order chi connectivity index (χ1) is 18.5. The molecule has 5 heteroatoms. The van der Waals surface area contributed by atoms with Crippen LogP contribution in [0.4, 0.5) is 4.39 Å². The van der Waals surface area contributed by atoms with Gasteiger partial charge in [0.15, 0.2) is 0 Å². The van der Waals surface area contributed by atoms with Crippen LogP contribution in [0.1, 0.15) is 140 Å². The van der Waals surface area contributed by atoms with Crippen LogP contribution in [0.25, 0.3) is 0 Å². The van der Waals surface area contributed by atoms with Crippen LogP contribution in [-0.2, 0) is 9.59 Å². The van der Waals surface area contributed by atoms with Crippen molar-refractivity contribution in [3.05, 3.63) is 47.3 Å². The minimum Gasteiger partial charge on any atom is -0.355 e. The molecule has 2 aliphatic carbocycles. The summed E-state index contributed by atoms with van der Waals surface area (Å²) < 4.78 is 14.5. The molecule has 2 fully saturated rings. The van der Waals surface area contributed by atoms with E-state index in [4.69, 9.17) is 0 Å². The maximum absolute atomic E-state index is 14.5. The number of carbonyl (C=O) groups is 3. The lowest BCUT2D eigenvalue weighted by Crippen LogP contribution is -2.20. The Morgan fingerprint density at radius 1 is 1.13 bits per heavy atom. The lowest BCUT2D eigenvalue weighted by Gasteiger charge is -2.21. The van der Waals surface area contributed by atoms with Crippen molar-refractivity contribution in [2.24, 2.45) is 17.3 Å². The predicted molar refractivity (Wildman–Crippen MR) is 161 cm³/mol. The van der Waals surface area contributed by atoms with E-state index in [9.17, 15) is 18.8 Å². The highest BCUT2D eigenvalue weighted by Crippen LogP contribution is 2.45. The second-order valence-corrected chi connectivity index (χ2v) is 11.9. The van der Waals surface area contributed by atoms with E-state index >= 15 is 0 Å². The predicted octanol–water partition coefficient (Wildman–Crippen LogP) is 8.98. The van der Waals surface area contributed by atoms with Crippen molar-refractivity contribution in [2.45, 2.75) is 125 Å². The fourth-order valence-electron chi connectivity index (χ4n) is 4.78. The summed E-state index contributed by atoms with van der Waals surface area (Å²) in [6, 6.07) is 5.09.